The van der Waals surface area contributed by atoms with Crippen molar-refractivity contribution >= 4 is 17.2 Å². The molecule has 1 N–H and O–H groups in total. The predicted molar refractivity (Wildman–Crippen MR) is 163 cm³/mol. The largest absolute Gasteiger partial charge is 0.439 e. The van der Waals surface area contributed by atoms with E-state index < -0.39 is 5.76 Å². The zero-order valence-corrected chi connectivity index (χ0v) is 24.4. The summed E-state index contributed by atoms with van der Waals surface area (Å²) in [5.41, 5.74) is 5.21. The molecule has 2 aliphatic heterocycles. The average molecular weight is 570 g/mol. The second kappa shape index (κ2) is 11.6. The first kappa shape index (κ1) is 27.3. The van der Waals surface area contributed by atoms with Gasteiger partial charge in [0.2, 0.25) is 0 Å². The van der Waals surface area contributed by atoms with Crippen molar-refractivity contribution in [3.05, 3.63) is 92.1 Å². The summed E-state index contributed by atoms with van der Waals surface area (Å²) in [5, 5.41) is 3.86. The Kier molecular flexibility index (Phi) is 7.71. The lowest BCUT2D eigenvalue weighted by Crippen LogP contribution is -2.38. The molecule has 2 aromatic heterocycles. The Balaban J connectivity index is 1.29. The van der Waals surface area contributed by atoms with E-state index in [4.69, 9.17) is 21.7 Å². The van der Waals surface area contributed by atoms with Gasteiger partial charge in [0.05, 0.1) is 11.5 Å². The number of rotatable bonds is 9. The van der Waals surface area contributed by atoms with Crippen molar-refractivity contribution in [2.75, 3.05) is 0 Å². The molecule has 2 bridgehead atoms. The van der Waals surface area contributed by atoms with Crippen LogP contribution in [0.25, 0.3) is 22.5 Å². The van der Waals surface area contributed by atoms with Crippen molar-refractivity contribution in [2.24, 2.45) is 0 Å². The zero-order valence-electron chi connectivity index (χ0n) is 23.6. The molecule has 2 aromatic carbocycles. The van der Waals surface area contributed by atoms with Gasteiger partial charge in [-0.3, -0.25) is 18.9 Å². The highest BCUT2D eigenvalue weighted by molar-refractivity contribution is 7.80. The Morgan fingerprint density at radius 3 is 2.34 bits per heavy atom. The molecule has 0 aliphatic carbocycles. The Bertz CT molecular complexity index is 1670. The number of aryl methyl sites for hydroxylation is 2. The maximum atomic E-state index is 14.0. The maximum absolute atomic E-state index is 14.0. The molecule has 4 aromatic rings. The monoisotopic (exact) mass is 569 g/mol. The topological polar surface area (TPSA) is 97.0 Å². The van der Waals surface area contributed by atoms with Gasteiger partial charge in [-0.15, -0.1) is 0 Å². The number of hydrogen-bond donors (Lipinski definition) is 1. The number of nitrogens with one attached hydrogen (secondary N) is 1. The van der Waals surface area contributed by atoms with E-state index >= 15 is 0 Å². The Morgan fingerprint density at radius 1 is 1.02 bits per heavy atom. The molecule has 0 spiro atoms. The van der Waals surface area contributed by atoms with E-state index in [9.17, 15) is 9.59 Å². The number of hydrogen-bond acceptors (Lipinski definition) is 6. The second-order valence-electron chi connectivity index (χ2n) is 11.2. The molecule has 212 valence electrons. The zero-order chi connectivity index (χ0) is 28.5. The van der Waals surface area contributed by atoms with E-state index in [0.717, 1.165) is 58.0 Å². The third-order valence-electron chi connectivity index (χ3n) is 8.60. The molecule has 8 nitrogen and oxygen atoms in total. The van der Waals surface area contributed by atoms with Crippen LogP contribution in [0.4, 0.5) is 0 Å². The Morgan fingerprint density at radius 2 is 1.71 bits per heavy atom. The number of H-pyrrole nitrogens is 1. The number of nitrogens with zero attached hydrogens (tertiary/aromatic N) is 4. The summed E-state index contributed by atoms with van der Waals surface area (Å²) in [4.78, 5) is 36.4. The van der Waals surface area contributed by atoms with Crippen LogP contribution in [0.2, 0.25) is 0 Å². The molecule has 0 unspecified atom stereocenters. The Hall–Kier alpha value is -3.85. The fraction of sp³-hybridized carbons (Fsp3) is 0.406. The molecule has 0 radical (unpaired) electrons. The lowest BCUT2D eigenvalue weighted by molar-refractivity contribution is 0.388. The van der Waals surface area contributed by atoms with Crippen LogP contribution in [-0.4, -0.2) is 41.7 Å². The number of thiocarbonyl (C=S) groups is 1. The second-order valence-corrected chi connectivity index (χ2v) is 11.7. The van der Waals surface area contributed by atoms with Crippen LogP contribution in [0.15, 0.2) is 62.6 Å². The number of benzene rings is 2. The highest BCUT2D eigenvalue weighted by Gasteiger charge is 2.40. The van der Waals surface area contributed by atoms with Gasteiger partial charge in [0.15, 0.2) is 5.82 Å². The molecular weight excluding hydrogens is 534 g/mol. The van der Waals surface area contributed by atoms with Crippen LogP contribution in [0.5, 0.6) is 0 Å². The smallest absolute Gasteiger partial charge is 0.360 e. The number of unbranched alkanes of at least 4 members (excludes halogenated alkanes) is 1. The number of fused-ring (bicyclic) bond motifs is 2. The van der Waals surface area contributed by atoms with E-state index in [2.05, 4.69) is 22.0 Å². The number of aromatic nitrogens is 4. The first-order chi connectivity index (χ1) is 19.9. The predicted octanol–water partition coefficient (Wildman–Crippen LogP) is 5.45. The molecule has 2 aliphatic rings. The van der Waals surface area contributed by atoms with Gasteiger partial charge >= 0.3 is 5.76 Å². The first-order valence-corrected chi connectivity index (χ1v) is 15.0. The highest BCUT2D eigenvalue weighted by atomic mass is 32.1. The van der Waals surface area contributed by atoms with Crippen molar-refractivity contribution in [1.82, 2.24) is 24.6 Å². The summed E-state index contributed by atoms with van der Waals surface area (Å²) < 4.78 is 6.57. The van der Waals surface area contributed by atoms with Crippen molar-refractivity contribution in [3.63, 3.8) is 0 Å². The van der Waals surface area contributed by atoms with E-state index in [1.54, 1.807) is 0 Å². The van der Waals surface area contributed by atoms with Gasteiger partial charge in [-0.25, -0.2) is 9.78 Å². The van der Waals surface area contributed by atoms with E-state index in [0.29, 0.717) is 36.4 Å². The molecule has 41 heavy (non-hydrogen) atoms. The van der Waals surface area contributed by atoms with Gasteiger partial charge in [-0.2, -0.15) is 0 Å². The normalized spacial score (nSPS) is 17.9. The van der Waals surface area contributed by atoms with E-state index in [1.165, 1.54) is 25.7 Å². The van der Waals surface area contributed by atoms with E-state index in [-0.39, 0.29) is 5.56 Å². The Labute approximate surface area is 244 Å². The molecule has 2 fully saturated rings. The quantitative estimate of drug-likeness (QED) is 0.268. The lowest BCUT2D eigenvalue weighted by Gasteiger charge is -2.25. The van der Waals surface area contributed by atoms with Crippen molar-refractivity contribution < 1.29 is 4.52 Å². The standard InChI is InChI=1S/C32H35N5O3S/c1-3-4-9-28-33-20(2)27(18-29(41)37-23-14-15-24(37)17-16-23)31(38)36(28)19-21-10-12-22(13-11-21)25-7-5-6-8-26(25)30-34-32(39)40-35-30/h5-8,10-13,23-24H,3-4,9,14-19H2,1-2H3,(H,34,35,39). The number of aromatic amines is 1. The fourth-order valence-corrected chi connectivity index (χ4v) is 6.91. The summed E-state index contributed by atoms with van der Waals surface area (Å²) in [6, 6.07) is 17.0. The highest BCUT2D eigenvalue weighted by Crippen LogP contribution is 2.38. The van der Waals surface area contributed by atoms with Crippen LogP contribution in [0, 0.1) is 6.92 Å². The summed E-state index contributed by atoms with van der Waals surface area (Å²) >= 11 is 5.91. The molecule has 4 heterocycles. The maximum Gasteiger partial charge on any atom is 0.439 e. The molecule has 0 atom stereocenters. The van der Waals surface area contributed by atoms with E-state index in [1.807, 2.05) is 60.0 Å². The van der Waals surface area contributed by atoms with Gasteiger partial charge in [0, 0.05) is 41.7 Å². The third-order valence-corrected chi connectivity index (χ3v) is 8.95. The van der Waals surface area contributed by atoms with Crippen molar-refractivity contribution in [2.45, 2.75) is 83.8 Å². The summed E-state index contributed by atoms with van der Waals surface area (Å²) in [5.74, 6) is 0.628. The SMILES string of the molecule is CCCCc1nc(C)c(CC(=S)N2C3CCC2CC3)c(=O)n1Cc1ccc(-c2ccccc2-c2noc(=O)[nH]2)cc1. The molecule has 0 amide bonds. The summed E-state index contributed by atoms with van der Waals surface area (Å²) in [6.07, 6.45) is 8.07. The van der Waals surface area contributed by atoms with Crippen LogP contribution >= 0.6 is 12.2 Å². The fourth-order valence-electron chi connectivity index (χ4n) is 6.47. The van der Waals surface area contributed by atoms with Crippen LogP contribution in [0.3, 0.4) is 0 Å². The van der Waals surface area contributed by atoms with Crippen LogP contribution in [0.1, 0.15) is 68.1 Å². The van der Waals surface area contributed by atoms with Gasteiger partial charge in [0.1, 0.15) is 5.82 Å². The van der Waals surface area contributed by atoms with Crippen LogP contribution in [-0.2, 0) is 19.4 Å². The molecular formula is C32H35N5O3S. The third kappa shape index (κ3) is 5.43. The van der Waals surface area contributed by atoms with Gasteiger partial charge < -0.3 is 4.90 Å². The average Bonchev–Trinajstić information content (AvgIpc) is 3.72. The van der Waals surface area contributed by atoms with Crippen molar-refractivity contribution in [3.8, 4) is 22.5 Å². The lowest BCUT2D eigenvalue weighted by atomic mass is 9.98. The van der Waals surface area contributed by atoms with Crippen molar-refractivity contribution in [1.29, 1.82) is 0 Å². The van der Waals surface area contributed by atoms with Gasteiger partial charge in [-0.05, 0) is 55.7 Å². The molecule has 9 heteroatoms. The van der Waals surface area contributed by atoms with Gasteiger partial charge in [0.25, 0.3) is 5.56 Å². The minimum Gasteiger partial charge on any atom is -0.360 e. The van der Waals surface area contributed by atoms with Crippen LogP contribution < -0.4 is 11.3 Å². The minimum absolute atomic E-state index is 0.0157. The summed E-state index contributed by atoms with van der Waals surface area (Å²) in [7, 11) is 0. The minimum atomic E-state index is -0.589. The molecule has 6 rings (SSSR count). The van der Waals surface area contributed by atoms with Gasteiger partial charge in [-0.1, -0.05) is 79.3 Å². The molecule has 0 saturated carbocycles. The summed E-state index contributed by atoms with van der Waals surface area (Å²) in [6.45, 7) is 4.54. The first-order valence-electron chi connectivity index (χ1n) is 14.6. The molecule has 2 saturated heterocycles.